The van der Waals surface area contributed by atoms with E-state index in [0.717, 1.165) is 18.2 Å². The SMILES string of the molecule is Cc1nc(CNS(=O)(=O)c2cc(C(=O)O)ccc2F)no1. The maximum Gasteiger partial charge on any atom is 0.335 e. The molecule has 21 heavy (non-hydrogen) atoms. The highest BCUT2D eigenvalue weighted by Gasteiger charge is 2.21. The molecule has 0 atom stereocenters. The van der Waals surface area contributed by atoms with Crippen molar-refractivity contribution in [3.63, 3.8) is 0 Å². The topological polar surface area (TPSA) is 122 Å². The van der Waals surface area contributed by atoms with E-state index in [4.69, 9.17) is 5.11 Å². The third kappa shape index (κ3) is 3.41. The van der Waals surface area contributed by atoms with Crippen molar-refractivity contribution >= 4 is 16.0 Å². The van der Waals surface area contributed by atoms with Gasteiger partial charge in [-0.25, -0.2) is 22.3 Å². The molecule has 1 aromatic carbocycles. The number of carboxylic acids is 1. The first-order valence-corrected chi connectivity index (χ1v) is 7.09. The summed E-state index contributed by atoms with van der Waals surface area (Å²) >= 11 is 0. The van der Waals surface area contributed by atoms with Crippen LogP contribution in [0.15, 0.2) is 27.6 Å². The van der Waals surface area contributed by atoms with Crippen LogP contribution >= 0.6 is 0 Å². The predicted octanol–water partition coefficient (Wildman–Crippen LogP) is 0.694. The third-order valence-corrected chi connectivity index (χ3v) is 3.87. The lowest BCUT2D eigenvalue weighted by atomic mass is 10.2. The van der Waals surface area contributed by atoms with Gasteiger partial charge in [-0.1, -0.05) is 5.16 Å². The monoisotopic (exact) mass is 315 g/mol. The molecule has 0 saturated heterocycles. The molecule has 2 rings (SSSR count). The molecule has 0 bridgehead atoms. The number of carbonyl (C=O) groups is 1. The molecule has 112 valence electrons. The molecule has 2 aromatic rings. The quantitative estimate of drug-likeness (QED) is 0.832. The number of nitrogens with one attached hydrogen (secondary N) is 1. The van der Waals surface area contributed by atoms with Gasteiger partial charge >= 0.3 is 5.97 Å². The number of carboxylic acid groups (broad SMARTS) is 1. The lowest BCUT2D eigenvalue weighted by molar-refractivity contribution is 0.0696. The van der Waals surface area contributed by atoms with Gasteiger partial charge in [0.1, 0.15) is 10.7 Å². The van der Waals surface area contributed by atoms with Gasteiger partial charge in [0.05, 0.1) is 12.1 Å². The summed E-state index contributed by atoms with van der Waals surface area (Å²) in [5, 5.41) is 12.3. The number of sulfonamides is 1. The average Bonchev–Trinajstić information content (AvgIpc) is 2.82. The van der Waals surface area contributed by atoms with Gasteiger partial charge in [0.2, 0.25) is 15.9 Å². The molecule has 0 aliphatic carbocycles. The molecule has 2 N–H and O–H groups in total. The van der Waals surface area contributed by atoms with Gasteiger partial charge < -0.3 is 9.63 Å². The fraction of sp³-hybridized carbons (Fsp3) is 0.182. The summed E-state index contributed by atoms with van der Waals surface area (Å²) in [5.74, 6) is -2.09. The first-order valence-electron chi connectivity index (χ1n) is 5.61. The van der Waals surface area contributed by atoms with E-state index in [9.17, 15) is 17.6 Å². The molecule has 8 nitrogen and oxygen atoms in total. The Morgan fingerprint density at radius 2 is 2.19 bits per heavy atom. The highest BCUT2D eigenvalue weighted by atomic mass is 32.2. The van der Waals surface area contributed by atoms with Crippen LogP contribution in [-0.2, 0) is 16.6 Å². The first kappa shape index (κ1) is 15.1. The number of nitrogens with zero attached hydrogens (tertiary/aromatic N) is 2. The number of aryl methyl sites for hydroxylation is 1. The molecule has 0 saturated carbocycles. The standard InChI is InChI=1S/C11H10FN3O5S/c1-6-14-10(15-20-6)5-13-21(18,19)9-4-7(11(16)17)2-3-8(9)12/h2-4,13H,5H2,1H3,(H,16,17). The van der Waals surface area contributed by atoms with Crippen LogP contribution in [0, 0.1) is 12.7 Å². The molecular formula is C11H10FN3O5S. The normalized spacial score (nSPS) is 11.5. The molecular weight excluding hydrogens is 305 g/mol. The van der Waals surface area contributed by atoms with Crippen LogP contribution in [0.2, 0.25) is 0 Å². The van der Waals surface area contributed by atoms with E-state index < -0.39 is 26.7 Å². The Morgan fingerprint density at radius 1 is 1.48 bits per heavy atom. The Morgan fingerprint density at radius 3 is 2.76 bits per heavy atom. The van der Waals surface area contributed by atoms with Gasteiger partial charge in [0, 0.05) is 6.92 Å². The predicted molar refractivity (Wildman–Crippen MR) is 66.4 cm³/mol. The summed E-state index contributed by atoms with van der Waals surface area (Å²) in [4.78, 5) is 13.8. The summed E-state index contributed by atoms with van der Waals surface area (Å²) < 4.78 is 44.3. The molecule has 0 aliphatic heterocycles. The number of rotatable bonds is 5. The van der Waals surface area contributed by atoms with Gasteiger partial charge in [-0.15, -0.1) is 0 Å². The zero-order chi connectivity index (χ0) is 15.6. The Labute approximate surface area is 118 Å². The minimum absolute atomic E-state index is 0.0749. The van der Waals surface area contributed by atoms with Crippen molar-refractivity contribution in [3.05, 3.63) is 41.3 Å². The molecule has 0 amide bonds. The zero-order valence-corrected chi connectivity index (χ0v) is 11.5. The van der Waals surface area contributed by atoms with Crippen molar-refractivity contribution in [2.45, 2.75) is 18.4 Å². The fourth-order valence-corrected chi connectivity index (χ4v) is 2.57. The van der Waals surface area contributed by atoms with E-state index in [0.29, 0.717) is 0 Å². The number of aromatic carboxylic acids is 1. The molecule has 1 heterocycles. The van der Waals surface area contributed by atoms with E-state index >= 15 is 0 Å². The average molecular weight is 315 g/mol. The number of hydrogen-bond donors (Lipinski definition) is 2. The van der Waals surface area contributed by atoms with Crippen LogP contribution in [-0.4, -0.2) is 29.6 Å². The maximum absolute atomic E-state index is 13.6. The Balaban J connectivity index is 2.26. The van der Waals surface area contributed by atoms with Crippen LogP contribution in [0.1, 0.15) is 22.1 Å². The van der Waals surface area contributed by atoms with Crippen molar-refractivity contribution in [1.29, 1.82) is 0 Å². The van der Waals surface area contributed by atoms with Gasteiger partial charge in [-0.05, 0) is 18.2 Å². The molecule has 1 aromatic heterocycles. The summed E-state index contributed by atoms with van der Waals surface area (Å²) in [5.41, 5.74) is -0.341. The Hall–Kier alpha value is -2.33. The van der Waals surface area contributed by atoms with E-state index in [1.54, 1.807) is 0 Å². The highest BCUT2D eigenvalue weighted by Crippen LogP contribution is 2.16. The number of halogens is 1. The lowest BCUT2D eigenvalue weighted by Gasteiger charge is -2.06. The lowest BCUT2D eigenvalue weighted by Crippen LogP contribution is -2.25. The number of benzene rings is 1. The van der Waals surface area contributed by atoms with Crippen molar-refractivity contribution in [2.75, 3.05) is 0 Å². The summed E-state index contributed by atoms with van der Waals surface area (Å²) in [6.07, 6.45) is 0. The van der Waals surface area contributed by atoms with Crippen molar-refractivity contribution < 1.29 is 27.2 Å². The number of aromatic nitrogens is 2. The molecule has 0 radical (unpaired) electrons. The van der Waals surface area contributed by atoms with Gasteiger partial charge in [0.25, 0.3) is 0 Å². The summed E-state index contributed by atoms with van der Waals surface area (Å²) in [6.45, 7) is 1.22. The second-order valence-electron chi connectivity index (χ2n) is 4.00. The van der Waals surface area contributed by atoms with Crippen LogP contribution in [0.4, 0.5) is 4.39 Å². The zero-order valence-electron chi connectivity index (χ0n) is 10.7. The Bertz CT molecular complexity index is 787. The summed E-state index contributed by atoms with van der Waals surface area (Å²) in [7, 11) is -4.25. The second kappa shape index (κ2) is 5.58. The van der Waals surface area contributed by atoms with E-state index in [1.165, 1.54) is 6.92 Å². The van der Waals surface area contributed by atoms with Crippen molar-refractivity contribution in [3.8, 4) is 0 Å². The van der Waals surface area contributed by atoms with E-state index in [1.807, 2.05) is 0 Å². The van der Waals surface area contributed by atoms with Crippen LogP contribution in [0.3, 0.4) is 0 Å². The van der Waals surface area contributed by atoms with Crippen molar-refractivity contribution in [1.82, 2.24) is 14.9 Å². The third-order valence-electron chi connectivity index (χ3n) is 2.46. The molecule has 0 spiro atoms. The fourth-order valence-electron chi connectivity index (χ4n) is 1.49. The molecule has 10 heteroatoms. The minimum Gasteiger partial charge on any atom is -0.478 e. The van der Waals surface area contributed by atoms with Crippen LogP contribution in [0.25, 0.3) is 0 Å². The largest absolute Gasteiger partial charge is 0.478 e. The van der Waals surface area contributed by atoms with Gasteiger partial charge in [-0.3, -0.25) is 0 Å². The van der Waals surface area contributed by atoms with E-state index in [2.05, 4.69) is 19.4 Å². The van der Waals surface area contributed by atoms with Crippen LogP contribution < -0.4 is 4.72 Å². The van der Waals surface area contributed by atoms with Crippen LogP contribution in [0.5, 0.6) is 0 Å². The van der Waals surface area contributed by atoms with E-state index in [-0.39, 0.29) is 23.8 Å². The van der Waals surface area contributed by atoms with Crippen molar-refractivity contribution in [2.24, 2.45) is 0 Å². The first-order chi connectivity index (χ1) is 9.79. The Kier molecular flexibility index (Phi) is 4.00. The maximum atomic E-state index is 13.6. The van der Waals surface area contributed by atoms with Gasteiger partial charge in [-0.2, -0.15) is 4.98 Å². The smallest absolute Gasteiger partial charge is 0.335 e. The second-order valence-corrected chi connectivity index (χ2v) is 5.74. The highest BCUT2D eigenvalue weighted by molar-refractivity contribution is 7.89. The number of hydrogen-bond acceptors (Lipinski definition) is 6. The molecule has 0 fully saturated rings. The van der Waals surface area contributed by atoms with Gasteiger partial charge in [0.15, 0.2) is 5.82 Å². The molecule has 0 aliphatic rings. The molecule has 0 unspecified atom stereocenters. The summed E-state index contributed by atoms with van der Waals surface area (Å²) in [6, 6.07) is 2.48. The minimum atomic E-state index is -4.25.